The molecular weight excluding hydrogens is 447 g/mol. The van der Waals surface area contributed by atoms with Gasteiger partial charge in [-0.25, -0.2) is 14.8 Å². The first kappa shape index (κ1) is 21.9. The summed E-state index contributed by atoms with van der Waals surface area (Å²) in [6, 6.07) is 11.2. The number of anilines is 1. The second-order valence-corrected chi connectivity index (χ2v) is 8.11. The van der Waals surface area contributed by atoms with Crippen LogP contribution >= 0.6 is 0 Å². The molecule has 4 aromatic rings. The molecule has 7 nitrogen and oxygen atoms in total. The van der Waals surface area contributed by atoms with Crippen molar-refractivity contribution in [3.05, 3.63) is 77.9 Å². The summed E-state index contributed by atoms with van der Waals surface area (Å²) in [6.45, 7) is 2.73. The van der Waals surface area contributed by atoms with Crippen LogP contribution in [0.15, 0.2) is 61.1 Å². The third-order valence-corrected chi connectivity index (χ3v) is 5.66. The van der Waals surface area contributed by atoms with Crippen LogP contribution in [-0.2, 0) is 19.1 Å². The molecule has 0 aliphatic carbocycles. The Labute approximate surface area is 192 Å². The van der Waals surface area contributed by atoms with E-state index in [0.29, 0.717) is 23.7 Å². The highest BCUT2D eigenvalue weighted by molar-refractivity contribution is 5.98. The summed E-state index contributed by atoms with van der Waals surface area (Å²) >= 11 is 0. The van der Waals surface area contributed by atoms with Crippen LogP contribution < -0.4 is 15.4 Å². The fourth-order valence-corrected chi connectivity index (χ4v) is 3.95. The van der Waals surface area contributed by atoms with Gasteiger partial charge in [-0.1, -0.05) is 6.07 Å². The molecule has 0 saturated carbocycles. The molecule has 0 fully saturated rings. The summed E-state index contributed by atoms with van der Waals surface area (Å²) in [5, 5.41) is 6.60. The molecule has 1 aliphatic rings. The number of ether oxygens (including phenoxy) is 1. The Bertz CT molecular complexity index is 1380. The quantitative estimate of drug-likeness (QED) is 0.424. The Morgan fingerprint density at radius 2 is 2.03 bits per heavy atom. The van der Waals surface area contributed by atoms with Crippen LogP contribution in [0.3, 0.4) is 0 Å². The van der Waals surface area contributed by atoms with E-state index in [4.69, 9.17) is 4.74 Å². The topological polar surface area (TPSA) is 81.1 Å². The standard InChI is InChI=1S/C24H20F3N5O2/c1-14-9-19-20(12-28-14)29-13-30-22(19)34-18-5-6-21-15(10-18)7-8-32(21)23(33)31-17-4-2-3-16(11-17)24(25,26)27/h2-8,10-11,13-14,28H,9,12H2,1H3,(H,31,33)/t14-/m1/s1. The molecule has 0 spiro atoms. The normalized spacial score (nSPS) is 15.7. The average Bonchev–Trinajstić information content (AvgIpc) is 3.22. The summed E-state index contributed by atoms with van der Waals surface area (Å²) < 4.78 is 46.2. The molecule has 2 N–H and O–H groups in total. The van der Waals surface area contributed by atoms with Crippen molar-refractivity contribution < 1.29 is 22.7 Å². The molecular formula is C24H20F3N5O2. The monoisotopic (exact) mass is 467 g/mol. The van der Waals surface area contributed by atoms with Crippen molar-refractivity contribution in [1.82, 2.24) is 19.9 Å². The molecule has 0 saturated heterocycles. The smallest absolute Gasteiger partial charge is 0.416 e. The van der Waals surface area contributed by atoms with Crippen molar-refractivity contribution in [3.63, 3.8) is 0 Å². The number of nitrogens with zero attached hydrogens (tertiary/aromatic N) is 3. The number of halogens is 3. The Kier molecular flexibility index (Phi) is 5.45. The molecule has 3 heterocycles. The number of aromatic nitrogens is 3. The Morgan fingerprint density at radius 3 is 2.85 bits per heavy atom. The number of carbonyl (C=O) groups is 1. The molecule has 2 aromatic carbocycles. The first-order chi connectivity index (χ1) is 16.3. The molecule has 0 bridgehead atoms. The third kappa shape index (κ3) is 4.32. The van der Waals surface area contributed by atoms with Gasteiger partial charge in [-0.05, 0) is 55.8 Å². The number of nitrogens with one attached hydrogen (secondary N) is 2. The zero-order valence-corrected chi connectivity index (χ0v) is 18.1. The lowest BCUT2D eigenvalue weighted by Crippen LogP contribution is -2.33. The van der Waals surface area contributed by atoms with E-state index in [1.54, 1.807) is 30.5 Å². The second-order valence-electron chi connectivity index (χ2n) is 8.11. The predicted molar refractivity (Wildman–Crippen MR) is 120 cm³/mol. The lowest BCUT2D eigenvalue weighted by Gasteiger charge is -2.23. The van der Waals surface area contributed by atoms with E-state index in [9.17, 15) is 18.0 Å². The third-order valence-electron chi connectivity index (χ3n) is 5.66. The molecule has 34 heavy (non-hydrogen) atoms. The SMILES string of the molecule is C[C@@H]1Cc2c(ncnc2Oc2ccc3c(ccn3C(=O)Nc3cccc(C(F)(F)F)c3)c2)CN1. The number of rotatable bonds is 3. The van der Waals surface area contributed by atoms with E-state index in [1.807, 2.05) is 0 Å². The maximum absolute atomic E-state index is 13.0. The lowest BCUT2D eigenvalue weighted by molar-refractivity contribution is -0.137. The van der Waals surface area contributed by atoms with Gasteiger partial charge in [0.05, 0.1) is 16.8 Å². The minimum Gasteiger partial charge on any atom is -0.439 e. The minimum atomic E-state index is -4.49. The van der Waals surface area contributed by atoms with E-state index < -0.39 is 17.8 Å². The van der Waals surface area contributed by atoms with Crippen LogP contribution in [0, 0.1) is 0 Å². The predicted octanol–water partition coefficient (Wildman–Crippen LogP) is 5.36. The molecule has 0 radical (unpaired) electrons. The van der Waals surface area contributed by atoms with E-state index in [-0.39, 0.29) is 11.7 Å². The Hall–Kier alpha value is -3.92. The molecule has 1 amide bonds. The number of alkyl halides is 3. The minimum absolute atomic E-state index is 0.0545. The zero-order chi connectivity index (χ0) is 23.9. The summed E-state index contributed by atoms with van der Waals surface area (Å²) in [4.78, 5) is 21.3. The number of benzene rings is 2. The van der Waals surface area contributed by atoms with Crippen molar-refractivity contribution in [3.8, 4) is 11.6 Å². The van der Waals surface area contributed by atoms with Gasteiger partial charge in [-0.2, -0.15) is 13.2 Å². The number of hydrogen-bond donors (Lipinski definition) is 2. The van der Waals surface area contributed by atoms with E-state index >= 15 is 0 Å². The summed E-state index contributed by atoms with van der Waals surface area (Å²) in [5.41, 5.74) is 1.67. The van der Waals surface area contributed by atoms with Crippen molar-refractivity contribution in [2.45, 2.75) is 32.1 Å². The van der Waals surface area contributed by atoms with Crippen molar-refractivity contribution in [1.29, 1.82) is 0 Å². The molecule has 5 rings (SSSR count). The summed E-state index contributed by atoms with van der Waals surface area (Å²) in [6.07, 6.45) is -0.717. The van der Waals surface area contributed by atoms with E-state index in [0.717, 1.165) is 35.2 Å². The fraction of sp³-hybridized carbons (Fsp3) is 0.208. The van der Waals surface area contributed by atoms with Crippen LogP contribution in [0.1, 0.15) is 23.7 Å². The van der Waals surface area contributed by atoms with Crippen LogP contribution in [0.25, 0.3) is 10.9 Å². The lowest BCUT2D eigenvalue weighted by atomic mass is 10.0. The summed E-state index contributed by atoms with van der Waals surface area (Å²) in [7, 11) is 0. The van der Waals surface area contributed by atoms with Gasteiger partial charge in [-0.3, -0.25) is 4.57 Å². The molecule has 0 unspecified atom stereocenters. The van der Waals surface area contributed by atoms with E-state index in [1.165, 1.54) is 23.0 Å². The van der Waals surface area contributed by atoms with Gasteiger partial charge in [0.15, 0.2) is 0 Å². The zero-order valence-electron chi connectivity index (χ0n) is 18.1. The maximum atomic E-state index is 13.0. The van der Waals surface area contributed by atoms with Crippen LogP contribution in [0.4, 0.5) is 23.7 Å². The first-order valence-corrected chi connectivity index (χ1v) is 10.6. The Morgan fingerprint density at radius 1 is 1.18 bits per heavy atom. The highest BCUT2D eigenvalue weighted by Gasteiger charge is 2.30. The number of fused-ring (bicyclic) bond motifs is 2. The number of hydrogen-bond acceptors (Lipinski definition) is 5. The number of amides is 1. The largest absolute Gasteiger partial charge is 0.439 e. The maximum Gasteiger partial charge on any atom is 0.416 e. The van der Waals surface area contributed by atoms with Gasteiger partial charge in [0.1, 0.15) is 12.1 Å². The fourth-order valence-electron chi connectivity index (χ4n) is 3.95. The first-order valence-electron chi connectivity index (χ1n) is 10.6. The van der Waals surface area contributed by atoms with Crippen LogP contribution in [-0.4, -0.2) is 26.6 Å². The molecule has 10 heteroatoms. The number of carbonyl (C=O) groups excluding carboxylic acids is 1. The van der Waals surface area contributed by atoms with Gasteiger partial charge >= 0.3 is 12.2 Å². The molecule has 1 aliphatic heterocycles. The Balaban J connectivity index is 1.37. The van der Waals surface area contributed by atoms with E-state index in [2.05, 4.69) is 27.5 Å². The van der Waals surface area contributed by atoms with Gasteiger partial charge in [0, 0.05) is 35.4 Å². The van der Waals surface area contributed by atoms with Gasteiger partial charge in [0.2, 0.25) is 5.88 Å². The summed E-state index contributed by atoms with van der Waals surface area (Å²) in [5.74, 6) is 1.05. The van der Waals surface area contributed by atoms with Gasteiger partial charge < -0.3 is 15.4 Å². The van der Waals surface area contributed by atoms with Crippen molar-refractivity contribution in [2.24, 2.45) is 0 Å². The molecule has 2 aromatic heterocycles. The average molecular weight is 467 g/mol. The van der Waals surface area contributed by atoms with Gasteiger partial charge in [0.25, 0.3) is 0 Å². The molecule has 1 atom stereocenters. The highest BCUT2D eigenvalue weighted by atomic mass is 19.4. The second kappa shape index (κ2) is 8.45. The van der Waals surface area contributed by atoms with Crippen LogP contribution in [0.5, 0.6) is 11.6 Å². The highest BCUT2D eigenvalue weighted by Crippen LogP contribution is 2.32. The van der Waals surface area contributed by atoms with Gasteiger partial charge in [-0.15, -0.1) is 0 Å². The van der Waals surface area contributed by atoms with Crippen molar-refractivity contribution in [2.75, 3.05) is 5.32 Å². The van der Waals surface area contributed by atoms with Crippen LogP contribution in [0.2, 0.25) is 0 Å². The van der Waals surface area contributed by atoms with Crippen molar-refractivity contribution >= 4 is 22.6 Å². The molecule has 174 valence electrons.